The summed E-state index contributed by atoms with van der Waals surface area (Å²) in [6, 6.07) is 6.38. The van der Waals surface area contributed by atoms with Gasteiger partial charge in [-0.15, -0.1) is 0 Å². The van der Waals surface area contributed by atoms with Gasteiger partial charge in [0, 0.05) is 13.5 Å². The SMILES string of the molecule is CN=C(N)Cc1ccc(C)c(C)c1. The average molecular weight is 176 g/mol. The van der Waals surface area contributed by atoms with Crippen LogP contribution in [0.4, 0.5) is 0 Å². The molecule has 13 heavy (non-hydrogen) atoms. The van der Waals surface area contributed by atoms with E-state index < -0.39 is 0 Å². The van der Waals surface area contributed by atoms with Crippen LogP contribution in [0.2, 0.25) is 0 Å². The molecule has 0 spiro atoms. The molecule has 0 saturated carbocycles. The van der Waals surface area contributed by atoms with Crippen LogP contribution in [0.5, 0.6) is 0 Å². The Labute approximate surface area is 79.5 Å². The van der Waals surface area contributed by atoms with Gasteiger partial charge in [0.15, 0.2) is 0 Å². The van der Waals surface area contributed by atoms with Crippen LogP contribution in [0.3, 0.4) is 0 Å². The lowest BCUT2D eigenvalue weighted by atomic mass is 10.0. The third-order valence-electron chi connectivity index (χ3n) is 2.24. The van der Waals surface area contributed by atoms with Gasteiger partial charge in [-0.2, -0.15) is 0 Å². The quantitative estimate of drug-likeness (QED) is 0.542. The van der Waals surface area contributed by atoms with Crippen LogP contribution < -0.4 is 5.73 Å². The number of nitrogens with zero attached hydrogens (tertiary/aromatic N) is 1. The van der Waals surface area contributed by atoms with Crippen LogP contribution in [0.25, 0.3) is 0 Å². The van der Waals surface area contributed by atoms with Crippen molar-refractivity contribution in [3.8, 4) is 0 Å². The van der Waals surface area contributed by atoms with Crippen LogP contribution in [-0.4, -0.2) is 12.9 Å². The van der Waals surface area contributed by atoms with Crippen LogP contribution in [-0.2, 0) is 6.42 Å². The Hall–Kier alpha value is -1.31. The Kier molecular flexibility index (Phi) is 3.07. The third kappa shape index (κ3) is 2.58. The summed E-state index contributed by atoms with van der Waals surface area (Å²) in [5, 5.41) is 0. The Bertz CT molecular complexity index is 327. The highest BCUT2D eigenvalue weighted by molar-refractivity contribution is 5.82. The van der Waals surface area contributed by atoms with Gasteiger partial charge in [0.25, 0.3) is 0 Å². The maximum absolute atomic E-state index is 5.64. The fourth-order valence-electron chi connectivity index (χ4n) is 1.20. The molecule has 0 amide bonds. The van der Waals surface area contributed by atoms with Gasteiger partial charge in [-0.25, -0.2) is 0 Å². The molecule has 70 valence electrons. The molecule has 0 atom stereocenters. The van der Waals surface area contributed by atoms with E-state index in [1.807, 2.05) is 0 Å². The van der Waals surface area contributed by atoms with E-state index in [2.05, 4.69) is 37.0 Å². The van der Waals surface area contributed by atoms with Crippen molar-refractivity contribution in [2.24, 2.45) is 10.7 Å². The normalized spacial score (nSPS) is 11.8. The predicted molar refractivity (Wildman–Crippen MR) is 57.2 cm³/mol. The number of hydrogen-bond acceptors (Lipinski definition) is 1. The standard InChI is InChI=1S/C11H16N2/c1-8-4-5-10(6-9(8)2)7-11(12)13-3/h4-6H,7H2,1-3H3,(H2,12,13). The smallest absolute Gasteiger partial charge is 0.0978 e. The molecule has 1 aromatic rings. The largest absolute Gasteiger partial charge is 0.387 e. The molecule has 1 aromatic carbocycles. The summed E-state index contributed by atoms with van der Waals surface area (Å²) in [6.45, 7) is 4.22. The first-order valence-electron chi connectivity index (χ1n) is 4.40. The van der Waals surface area contributed by atoms with E-state index in [4.69, 9.17) is 5.73 Å². The summed E-state index contributed by atoms with van der Waals surface area (Å²) in [4.78, 5) is 3.93. The zero-order valence-electron chi connectivity index (χ0n) is 8.46. The summed E-state index contributed by atoms with van der Waals surface area (Å²) in [5.74, 6) is 0.684. The molecule has 0 fully saturated rings. The van der Waals surface area contributed by atoms with E-state index >= 15 is 0 Å². The van der Waals surface area contributed by atoms with E-state index in [1.54, 1.807) is 7.05 Å². The number of amidine groups is 1. The van der Waals surface area contributed by atoms with Gasteiger partial charge in [-0.1, -0.05) is 18.2 Å². The second-order valence-electron chi connectivity index (χ2n) is 3.31. The molecule has 2 heteroatoms. The minimum atomic E-state index is 0.684. The lowest BCUT2D eigenvalue weighted by molar-refractivity contribution is 1.22. The van der Waals surface area contributed by atoms with Gasteiger partial charge in [-0.05, 0) is 30.5 Å². The minimum absolute atomic E-state index is 0.684. The second kappa shape index (κ2) is 4.08. The highest BCUT2D eigenvalue weighted by atomic mass is 14.8. The highest BCUT2D eigenvalue weighted by Crippen LogP contribution is 2.10. The van der Waals surface area contributed by atoms with Gasteiger partial charge in [-0.3, -0.25) is 4.99 Å². The molecule has 0 unspecified atom stereocenters. The van der Waals surface area contributed by atoms with Crippen molar-refractivity contribution >= 4 is 5.84 Å². The molecule has 0 aliphatic carbocycles. The van der Waals surface area contributed by atoms with Gasteiger partial charge in [0.05, 0.1) is 5.84 Å². The van der Waals surface area contributed by atoms with E-state index in [0.29, 0.717) is 5.84 Å². The summed E-state index contributed by atoms with van der Waals surface area (Å²) in [7, 11) is 1.72. The Morgan fingerprint density at radius 1 is 1.31 bits per heavy atom. The van der Waals surface area contributed by atoms with E-state index in [0.717, 1.165) is 6.42 Å². The molecular formula is C11H16N2. The monoisotopic (exact) mass is 176 g/mol. The number of nitrogens with two attached hydrogens (primary N) is 1. The summed E-state index contributed by atoms with van der Waals surface area (Å²) < 4.78 is 0. The van der Waals surface area contributed by atoms with Crippen LogP contribution in [0.15, 0.2) is 23.2 Å². The molecule has 2 N–H and O–H groups in total. The van der Waals surface area contributed by atoms with E-state index in [9.17, 15) is 0 Å². The van der Waals surface area contributed by atoms with Crippen molar-refractivity contribution < 1.29 is 0 Å². The fourth-order valence-corrected chi connectivity index (χ4v) is 1.20. The lowest BCUT2D eigenvalue weighted by Gasteiger charge is -2.04. The maximum Gasteiger partial charge on any atom is 0.0978 e. The Morgan fingerprint density at radius 3 is 2.54 bits per heavy atom. The molecule has 0 radical (unpaired) electrons. The van der Waals surface area contributed by atoms with Crippen molar-refractivity contribution in [2.75, 3.05) is 7.05 Å². The van der Waals surface area contributed by atoms with Crippen molar-refractivity contribution in [1.82, 2.24) is 0 Å². The molecular weight excluding hydrogens is 160 g/mol. The van der Waals surface area contributed by atoms with Crippen molar-refractivity contribution in [2.45, 2.75) is 20.3 Å². The summed E-state index contributed by atoms with van der Waals surface area (Å²) in [6.07, 6.45) is 0.748. The first-order chi connectivity index (χ1) is 6.13. The molecule has 0 aliphatic heterocycles. The number of benzene rings is 1. The zero-order valence-corrected chi connectivity index (χ0v) is 8.46. The van der Waals surface area contributed by atoms with Gasteiger partial charge in [0.2, 0.25) is 0 Å². The molecule has 0 saturated heterocycles. The number of hydrogen-bond donors (Lipinski definition) is 1. The number of rotatable bonds is 2. The Balaban J connectivity index is 2.86. The minimum Gasteiger partial charge on any atom is -0.387 e. The first-order valence-corrected chi connectivity index (χ1v) is 4.40. The van der Waals surface area contributed by atoms with Gasteiger partial charge in [0.1, 0.15) is 0 Å². The second-order valence-corrected chi connectivity index (χ2v) is 3.31. The van der Waals surface area contributed by atoms with Crippen LogP contribution in [0, 0.1) is 13.8 Å². The van der Waals surface area contributed by atoms with Crippen LogP contribution >= 0.6 is 0 Å². The number of aliphatic imine (C=N–C) groups is 1. The highest BCUT2D eigenvalue weighted by Gasteiger charge is 1.98. The van der Waals surface area contributed by atoms with E-state index in [1.165, 1.54) is 16.7 Å². The third-order valence-corrected chi connectivity index (χ3v) is 2.24. The number of aryl methyl sites for hydroxylation is 2. The average Bonchev–Trinajstić information content (AvgIpc) is 2.11. The zero-order chi connectivity index (χ0) is 9.84. The van der Waals surface area contributed by atoms with Crippen LogP contribution in [0.1, 0.15) is 16.7 Å². The van der Waals surface area contributed by atoms with Gasteiger partial charge >= 0.3 is 0 Å². The van der Waals surface area contributed by atoms with E-state index in [-0.39, 0.29) is 0 Å². The molecule has 0 heterocycles. The summed E-state index contributed by atoms with van der Waals surface area (Å²) >= 11 is 0. The van der Waals surface area contributed by atoms with Crippen molar-refractivity contribution in [3.63, 3.8) is 0 Å². The first kappa shape index (κ1) is 9.78. The molecule has 1 rings (SSSR count). The Morgan fingerprint density at radius 2 is 2.00 bits per heavy atom. The van der Waals surface area contributed by atoms with Gasteiger partial charge < -0.3 is 5.73 Å². The summed E-state index contributed by atoms with van der Waals surface area (Å²) in [5.41, 5.74) is 9.49. The molecule has 2 nitrogen and oxygen atoms in total. The maximum atomic E-state index is 5.64. The fraction of sp³-hybridized carbons (Fsp3) is 0.364. The molecule has 0 aromatic heterocycles. The van der Waals surface area contributed by atoms with Crippen molar-refractivity contribution in [3.05, 3.63) is 34.9 Å². The molecule has 0 bridgehead atoms. The topological polar surface area (TPSA) is 38.4 Å². The molecule has 0 aliphatic rings. The van der Waals surface area contributed by atoms with Crippen molar-refractivity contribution in [1.29, 1.82) is 0 Å². The lowest BCUT2D eigenvalue weighted by Crippen LogP contribution is -2.14. The predicted octanol–water partition coefficient (Wildman–Crippen LogP) is 1.83.